The molecule has 112 valence electrons. The third-order valence-electron chi connectivity index (χ3n) is 3.22. The number of anilines is 1. The highest BCUT2D eigenvalue weighted by Crippen LogP contribution is 2.22. The van der Waals surface area contributed by atoms with Crippen LogP contribution in [0.15, 0.2) is 10.7 Å². The van der Waals surface area contributed by atoms with Crippen molar-refractivity contribution in [2.75, 3.05) is 38.6 Å². The van der Waals surface area contributed by atoms with Crippen LogP contribution in [0, 0.1) is 0 Å². The molecule has 1 aliphatic rings. The van der Waals surface area contributed by atoms with E-state index >= 15 is 0 Å². The van der Waals surface area contributed by atoms with Crippen LogP contribution in [0.5, 0.6) is 0 Å². The molecule has 0 amide bonds. The van der Waals surface area contributed by atoms with Crippen molar-refractivity contribution < 1.29 is 4.74 Å². The van der Waals surface area contributed by atoms with E-state index in [1.807, 2.05) is 6.07 Å². The molecule has 1 fully saturated rings. The Kier molecular flexibility index (Phi) is 4.99. The maximum Gasteiger partial charge on any atom is 0.137 e. The number of ether oxygens (including phenoxy) is 1. The zero-order chi connectivity index (χ0) is 14.8. The lowest BCUT2D eigenvalue weighted by Crippen LogP contribution is -2.43. The monoisotopic (exact) mass is 342 g/mol. The molecule has 1 atom stereocenters. The Bertz CT molecular complexity index is 461. The van der Waals surface area contributed by atoms with Gasteiger partial charge in [-0.15, -0.1) is 0 Å². The van der Waals surface area contributed by atoms with Crippen molar-refractivity contribution in [3.63, 3.8) is 0 Å². The highest BCUT2D eigenvalue weighted by atomic mass is 79.9. The summed E-state index contributed by atoms with van der Waals surface area (Å²) in [4.78, 5) is 11.3. The second kappa shape index (κ2) is 6.37. The van der Waals surface area contributed by atoms with E-state index in [2.05, 4.69) is 63.9 Å². The minimum absolute atomic E-state index is 0.0677. The summed E-state index contributed by atoms with van der Waals surface area (Å²) in [5, 5.41) is 3.36. The Balaban J connectivity index is 2.00. The SMILES string of the molecule is CN1CCOC(CNc2cc(Br)nc(C(C)(C)C)n2)C1. The van der Waals surface area contributed by atoms with E-state index in [4.69, 9.17) is 4.74 Å². The molecule has 2 rings (SSSR count). The Hall–Kier alpha value is -0.720. The molecule has 0 spiro atoms. The van der Waals surface area contributed by atoms with Crippen LogP contribution in [0.2, 0.25) is 0 Å². The summed E-state index contributed by atoms with van der Waals surface area (Å²) in [6.45, 7) is 9.84. The Morgan fingerprint density at radius 1 is 1.45 bits per heavy atom. The lowest BCUT2D eigenvalue weighted by molar-refractivity contribution is -0.0117. The van der Waals surface area contributed by atoms with Crippen LogP contribution in [0.1, 0.15) is 26.6 Å². The number of nitrogens with zero attached hydrogens (tertiary/aromatic N) is 3. The van der Waals surface area contributed by atoms with Crippen molar-refractivity contribution >= 4 is 21.7 Å². The smallest absolute Gasteiger partial charge is 0.137 e. The maximum absolute atomic E-state index is 5.74. The summed E-state index contributed by atoms with van der Waals surface area (Å²) >= 11 is 3.45. The molecule has 0 aliphatic carbocycles. The molecule has 20 heavy (non-hydrogen) atoms. The summed E-state index contributed by atoms with van der Waals surface area (Å²) in [6.07, 6.45) is 0.209. The first-order chi connectivity index (χ1) is 9.34. The van der Waals surface area contributed by atoms with Crippen molar-refractivity contribution in [3.05, 3.63) is 16.5 Å². The fourth-order valence-electron chi connectivity index (χ4n) is 2.05. The van der Waals surface area contributed by atoms with Crippen LogP contribution in [0.25, 0.3) is 0 Å². The molecule has 0 saturated carbocycles. The van der Waals surface area contributed by atoms with E-state index in [1.54, 1.807) is 0 Å². The first-order valence-electron chi connectivity index (χ1n) is 6.93. The standard InChI is InChI=1S/C14H23BrN4O/c1-14(2,3)13-17-11(15)7-12(18-13)16-8-10-9-19(4)5-6-20-10/h7,10H,5-6,8-9H2,1-4H3,(H,16,17,18). The van der Waals surface area contributed by atoms with Gasteiger partial charge in [-0.2, -0.15) is 0 Å². The third-order valence-corrected chi connectivity index (χ3v) is 3.62. The Morgan fingerprint density at radius 3 is 2.85 bits per heavy atom. The predicted octanol–water partition coefficient (Wildman–Crippen LogP) is 2.28. The summed E-state index contributed by atoms with van der Waals surface area (Å²) < 4.78 is 6.55. The van der Waals surface area contributed by atoms with Gasteiger partial charge >= 0.3 is 0 Å². The van der Waals surface area contributed by atoms with Crippen molar-refractivity contribution in [3.8, 4) is 0 Å². The largest absolute Gasteiger partial charge is 0.374 e. The van der Waals surface area contributed by atoms with Gasteiger partial charge in [-0.05, 0) is 23.0 Å². The van der Waals surface area contributed by atoms with Crippen molar-refractivity contribution in [2.24, 2.45) is 0 Å². The summed E-state index contributed by atoms with van der Waals surface area (Å²) in [6, 6.07) is 1.90. The van der Waals surface area contributed by atoms with Gasteiger partial charge in [-0.3, -0.25) is 0 Å². The highest BCUT2D eigenvalue weighted by molar-refractivity contribution is 9.10. The first kappa shape index (κ1) is 15.7. The molecule has 1 unspecified atom stereocenters. The summed E-state index contributed by atoms with van der Waals surface area (Å²) in [5.41, 5.74) is -0.0677. The number of aromatic nitrogens is 2. The Labute approximate surface area is 129 Å². The fourth-order valence-corrected chi connectivity index (χ4v) is 2.44. The molecular formula is C14H23BrN4O. The third kappa shape index (κ3) is 4.40. The summed E-state index contributed by atoms with van der Waals surface area (Å²) in [7, 11) is 2.12. The van der Waals surface area contributed by atoms with E-state index in [-0.39, 0.29) is 11.5 Å². The van der Waals surface area contributed by atoms with Gasteiger partial charge in [0, 0.05) is 31.1 Å². The van der Waals surface area contributed by atoms with Crippen LogP contribution in [-0.2, 0) is 10.2 Å². The van der Waals surface area contributed by atoms with Gasteiger partial charge in [-0.1, -0.05) is 20.8 Å². The first-order valence-corrected chi connectivity index (χ1v) is 7.73. The van der Waals surface area contributed by atoms with Crippen LogP contribution < -0.4 is 5.32 Å². The van der Waals surface area contributed by atoms with E-state index in [9.17, 15) is 0 Å². The fraction of sp³-hybridized carbons (Fsp3) is 0.714. The lowest BCUT2D eigenvalue weighted by Gasteiger charge is -2.30. The van der Waals surface area contributed by atoms with Crippen molar-refractivity contribution in [1.82, 2.24) is 14.9 Å². The number of nitrogens with one attached hydrogen (secondary N) is 1. The molecule has 0 radical (unpaired) electrons. The average molecular weight is 343 g/mol. The highest BCUT2D eigenvalue weighted by Gasteiger charge is 2.20. The molecule has 1 saturated heterocycles. The van der Waals surface area contributed by atoms with E-state index < -0.39 is 0 Å². The average Bonchev–Trinajstić information content (AvgIpc) is 2.35. The number of rotatable bonds is 3. The van der Waals surface area contributed by atoms with Crippen molar-refractivity contribution in [2.45, 2.75) is 32.3 Å². The molecule has 1 aromatic rings. The van der Waals surface area contributed by atoms with Crippen LogP contribution >= 0.6 is 15.9 Å². The van der Waals surface area contributed by atoms with Gasteiger partial charge in [0.05, 0.1) is 12.7 Å². The number of halogens is 1. The molecule has 1 N–H and O–H groups in total. The number of likely N-dealkylation sites (N-methyl/N-ethyl adjacent to an activating group) is 1. The van der Waals surface area contributed by atoms with Crippen LogP contribution in [0.3, 0.4) is 0 Å². The van der Waals surface area contributed by atoms with Crippen LogP contribution in [0.4, 0.5) is 5.82 Å². The second-order valence-corrected chi connectivity index (χ2v) is 7.10. The molecule has 0 bridgehead atoms. The molecule has 2 heterocycles. The van der Waals surface area contributed by atoms with Gasteiger partial charge in [0.15, 0.2) is 0 Å². The second-order valence-electron chi connectivity index (χ2n) is 6.29. The van der Waals surface area contributed by atoms with E-state index in [1.165, 1.54) is 0 Å². The number of hydrogen-bond donors (Lipinski definition) is 1. The molecule has 1 aliphatic heterocycles. The van der Waals surface area contributed by atoms with Gasteiger partial charge in [0.25, 0.3) is 0 Å². The topological polar surface area (TPSA) is 50.3 Å². The molecular weight excluding hydrogens is 320 g/mol. The zero-order valence-electron chi connectivity index (χ0n) is 12.6. The van der Waals surface area contributed by atoms with E-state index in [0.29, 0.717) is 0 Å². The number of morpholine rings is 1. The molecule has 6 heteroatoms. The number of hydrogen-bond acceptors (Lipinski definition) is 5. The predicted molar refractivity (Wildman–Crippen MR) is 84.2 cm³/mol. The summed E-state index contributed by atoms with van der Waals surface area (Å²) in [5.74, 6) is 1.67. The quantitative estimate of drug-likeness (QED) is 0.854. The van der Waals surface area contributed by atoms with Gasteiger partial charge < -0.3 is 15.0 Å². The van der Waals surface area contributed by atoms with E-state index in [0.717, 1.165) is 42.5 Å². The van der Waals surface area contributed by atoms with Gasteiger partial charge in [0.1, 0.15) is 16.2 Å². The van der Waals surface area contributed by atoms with Gasteiger partial charge in [-0.25, -0.2) is 9.97 Å². The maximum atomic E-state index is 5.74. The minimum Gasteiger partial charge on any atom is -0.374 e. The normalized spacial score (nSPS) is 20.9. The zero-order valence-corrected chi connectivity index (χ0v) is 14.2. The molecule has 5 nitrogen and oxygen atoms in total. The van der Waals surface area contributed by atoms with Crippen molar-refractivity contribution in [1.29, 1.82) is 0 Å². The minimum atomic E-state index is -0.0677. The van der Waals surface area contributed by atoms with Crippen LogP contribution in [-0.4, -0.2) is 54.3 Å². The Morgan fingerprint density at radius 2 is 2.20 bits per heavy atom. The molecule has 1 aromatic heterocycles. The van der Waals surface area contributed by atoms with Gasteiger partial charge in [0.2, 0.25) is 0 Å². The lowest BCUT2D eigenvalue weighted by atomic mass is 9.96. The molecule has 0 aromatic carbocycles.